The van der Waals surface area contributed by atoms with E-state index in [1.54, 1.807) is 12.3 Å². The molecule has 1 saturated heterocycles. The smallest absolute Gasteiger partial charge is 0.257 e. The molecule has 108 valence electrons. The zero-order valence-corrected chi connectivity index (χ0v) is 12.8. The first-order valence-electron chi connectivity index (χ1n) is 6.83. The Balaban J connectivity index is 1.93. The highest BCUT2D eigenvalue weighted by atomic mass is 35.5. The Hall–Kier alpha value is -1.58. The van der Waals surface area contributed by atoms with Gasteiger partial charge in [0.1, 0.15) is 0 Å². The lowest BCUT2D eigenvalue weighted by atomic mass is 10.0. The van der Waals surface area contributed by atoms with Crippen LogP contribution < -0.4 is 0 Å². The lowest BCUT2D eigenvalue weighted by Gasteiger charge is -2.26. The summed E-state index contributed by atoms with van der Waals surface area (Å²) in [6.45, 7) is 0.708. The minimum absolute atomic E-state index is 0.00229. The van der Waals surface area contributed by atoms with Crippen molar-refractivity contribution < 1.29 is 4.79 Å². The van der Waals surface area contributed by atoms with Gasteiger partial charge in [-0.25, -0.2) is 0 Å². The van der Waals surface area contributed by atoms with Crippen LogP contribution in [0, 0.1) is 0 Å². The number of carbonyl (C=O) groups excluding carboxylic acids is 1. The van der Waals surface area contributed by atoms with Gasteiger partial charge in [0.2, 0.25) is 0 Å². The number of benzene rings is 1. The maximum Gasteiger partial charge on any atom is 0.257 e. The van der Waals surface area contributed by atoms with E-state index in [4.69, 9.17) is 23.2 Å². The standard InChI is InChI=1S/C16H14Cl2N2O/c17-13-5-2-1-4-11(13)15-6-3-9-20(15)16(21)12-10-19-8-7-14(12)18/h1-2,4-5,7-8,10,15H,3,6,9H2. The van der Waals surface area contributed by atoms with Gasteiger partial charge in [-0.05, 0) is 30.5 Å². The third-order valence-electron chi connectivity index (χ3n) is 3.78. The molecule has 3 nitrogen and oxygen atoms in total. The zero-order valence-electron chi connectivity index (χ0n) is 11.3. The van der Waals surface area contributed by atoms with Crippen LogP contribution in [-0.2, 0) is 0 Å². The van der Waals surface area contributed by atoms with Crippen LogP contribution in [0.3, 0.4) is 0 Å². The number of pyridine rings is 1. The molecular weight excluding hydrogens is 307 g/mol. The second kappa shape index (κ2) is 6.04. The number of hydrogen-bond acceptors (Lipinski definition) is 2. The van der Waals surface area contributed by atoms with E-state index in [2.05, 4.69) is 4.98 Å². The number of likely N-dealkylation sites (tertiary alicyclic amines) is 1. The number of aromatic nitrogens is 1. The highest BCUT2D eigenvalue weighted by molar-refractivity contribution is 6.33. The van der Waals surface area contributed by atoms with Crippen molar-refractivity contribution in [2.75, 3.05) is 6.54 Å². The van der Waals surface area contributed by atoms with Crippen molar-refractivity contribution in [2.45, 2.75) is 18.9 Å². The van der Waals surface area contributed by atoms with E-state index in [-0.39, 0.29) is 11.9 Å². The van der Waals surface area contributed by atoms with Gasteiger partial charge < -0.3 is 4.90 Å². The number of hydrogen-bond donors (Lipinski definition) is 0. The Kier molecular flexibility index (Phi) is 4.13. The van der Waals surface area contributed by atoms with Gasteiger partial charge in [0.15, 0.2) is 0 Å². The van der Waals surface area contributed by atoms with Crippen LogP contribution in [0.4, 0.5) is 0 Å². The minimum atomic E-state index is -0.0875. The normalized spacial score (nSPS) is 18.0. The van der Waals surface area contributed by atoms with E-state index in [0.29, 0.717) is 22.2 Å². The van der Waals surface area contributed by atoms with Crippen molar-refractivity contribution in [3.63, 3.8) is 0 Å². The lowest BCUT2D eigenvalue weighted by molar-refractivity contribution is 0.0735. The first kappa shape index (κ1) is 14.4. The summed E-state index contributed by atoms with van der Waals surface area (Å²) in [7, 11) is 0. The predicted octanol–water partition coefficient (Wildman–Crippen LogP) is 4.37. The largest absolute Gasteiger partial charge is 0.331 e. The van der Waals surface area contributed by atoms with Gasteiger partial charge in [-0.15, -0.1) is 0 Å². The van der Waals surface area contributed by atoms with Crippen LogP contribution >= 0.6 is 23.2 Å². The Labute approximate surface area is 133 Å². The Bertz CT molecular complexity index is 675. The third kappa shape index (κ3) is 2.76. The molecule has 0 spiro atoms. The maximum atomic E-state index is 12.7. The average Bonchev–Trinajstić information content (AvgIpc) is 2.97. The van der Waals surface area contributed by atoms with Gasteiger partial charge >= 0.3 is 0 Å². The van der Waals surface area contributed by atoms with E-state index in [1.165, 1.54) is 6.20 Å². The molecule has 5 heteroatoms. The molecule has 1 atom stereocenters. The number of amides is 1. The summed E-state index contributed by atoms with van der Waals surface area (Å²) >= 11 is 12.4. The molecule has 2 heterocycles. The summed E-state index contributed by atoms with van der Waals surface area (Å²) in [5.41, 5.74) is 1.43. The first-order valence-corrected chi connectivity index (χ1v) is 7.59. The SMILES string of the molecule is O=C(c1cnccc1Cl)N1CCCC1c1ccccc1Cl. The van der Waals surface area contributed by atoms with Gasteiger partial charge in [-0.2, -0.15) is 0 Å². The van der Waals surface area contributed by atoms with Gasteiger partial charge in [-0.3, -0.25) is 9.78 Å². The monoisotopic (exact) mass is 320 g/mol. The molecule has 1 aromatic carbocycles. The minimum Gasteiger partial charge on any atom is -0.331 e. The molecule has 0 bridgehead atoms. The summed E-state index contributed by atoms with van der Waals surface area (Å²) in [6.07, 6.45) is 4.97. The van der Waals surface area contributed by atoms with E-state index >= 15 is 0 Å². The molecule has 1 aliphatic rings. The fourth-order valence-electron chi connectivity index (χ4n) is 2.77. The Morgan fingerprint density at radius 1 is 1.19 bits per heavy atom. The molecule has 1 amide bonds. The molecule has 3 rings (SSSR count). The number of nitrogens with zero attached hydrogens (tertiary/aromatic N) is 2. The molecule has 0 N–H and O–H groups in total. The average molecular weight is 321 g/mol. The fraction of sp³-hybridized carbons (Fsp3) is 0.250. The van der Waals surface area contributed by atoms with Crippen LogP contribution in [0.2, 0.25) is 10.0 Å². The van der Waals surface area contributed by atoms with Crippen molar-refractivity contribution in [3.8, 4) is 0 Å². The van der Waals surface area contributed by atoms with Crippen LogP contribution in [0.15, 0.2) is 42.7 Å². The molecule has 0 aliphatic carbocycles. The predicted molar refractivity (Wildman–Crippen MR) is 83.7 cm³/mol. The first-order chi connectivity index (χ1) is 10.2. The highest BCUT2D eigenvalue weighted by Gasteiger charge is 2.32. The molecule has 1 aromatic heterocycles. The van der Waals surface area contributed by atoms with Crippen LogP contribution in [0.25, 0.3) is 0 Å². The highest BCUT2D eigenvalue weighted by Crippen LogP contribution is 2.37. The summed E-state index contributed by atoms with van der Waals surface area (Å²) in [5.74, 6) is -0.0875. The topological polar surface area (TPSA) is 33.2 Å². The zero-order chi connectivity index (χ0) is 14.8. The van der Waals surface area contributed by atoms with Gasteiger partial charge in [0.25, 0.3) is 5.91 Å². The third-order valence-corrected chi connectivity index (χ3v) is 4.45. The molecule has 21 heavy (non-hydrogen) atoms. The van der Waals surface area contributed by atoms with Crippen molar-refractivity contribution in [3.05, 3.63) is 63.9 Å². The van der Waals surface area contributed by atoms with Crippen LogP contribution in [0.5, 0.6) is 0 Å². The van der Waals surface area contributed by atoms with E-state index < -0.39 is 0 Å². The summed E-state index contributed by atoms with van der Waals surface area (Å²) < 4.78 is 0. The number of carbonyl (C=O) groups is 1. The summed E-state index contributed by atoms with van der Waals surface area (Å²) in [6, 6.07) is 9.31. The van der Waals surface area contributed by atoms with Gasteiger partial charge in [-0.1, -0.05) is 41.4 Å². The second-order valence-corrected chi connectivity index (χ2v) is 5.85. The Morgan fingerprint density at radius 3 is 2.76 bits per heavy atom. The second-order valence-electron chi connectivity index (χ2n) is 5.03. The molecule has 1 aliphatic heterocycles. The van der Waals surface area contributed by atoms with E-state index in [9.17, 15) is 4.79 Å². The summed E-state index contributed by atoms with van der Waals surface area (Å²) in [5, 5.41) is 1.12. The van der Waals surface area contributed by atoms with E-state index in [1.807, 2.05) is 29.2 Å². The number of rotatable bonds is 2. The van der Waals surface area contributed by atoms with Crippen molar-refractivity contribution in [1.82, 2.24) is 9.88 Å². The van der Waals surface area contributed by atoms with Crippen LogP contribution in [0.1, 0.15) is 34.8 Å². The molecule has 1 unspecified atom stereocenters. The molecule has 2 aromatic rings. The van der Waals surface area contributed by atoms with Crippen molar-refractivity contribution in [1.29, 1.82) is 0 Å². The van der Waals surface area contributed by atoms with Crippen LogP contribution in [-0.4, -0.2) is 22.3 Å². The van der Waals surface area contributed by atoms with Crippen molar-refractivity contribution >= 4 is 29.1 Å². The van der Waals surface area contributed by atoms with Crippen molar-refractivity contribution in [2.24, 2.45) is 0 Å². The molecule has 0 saturated carbocycles. The number of halogens is 2. The molecule has 1 fully saturated rings. The van der Waals surface area contributed by atoms with Gasteiger partial charge in [0, 0.05) is 24.0 Å². The van der Waals surface area contributed by atoms with E-state index in [0.717, 1.165) is 18.4 Å². The summed E-state index contributed by atoms with van der Waals surface area (Å²) in [4.78, 5) is 18.6. The fourth-order valence-corrected chi connectivity index (χ4v) is 3.22. The molecular formula is C16H14Cl2N2O. The maximum absolute atomic E-state index is 12.7. The molecule has 0 radical (unpaired) electrons. The quantitative estimate of drug-likeness (QED) is 0.823. The lowest BCUT2D eigenvalue weighted by Crippen LogP contribution is -2.31. The van der Waals surface area contributed by atoms with Gasteiger partial charge in [0.05, 0.1) is 16.6 Å². The Morgan fingerprint density at radius 2 is 2.00 bits per heavy atom.